The molecule has 1 aromatic heterocycles. The molecular formula is C27H36N2O7S2. The summed E-state index contributed by atoms with van der Waals surface area (Å²) in [6.45, 7) is -0.349. The minimum atomic E-state index is -3.86. The number of carbonyl (C=O) groups is 1. The highest BCUT2D eigenvalue weighted by Crippen LogP contribution is 2.33. The molecule has 9 nitrogen and oxygen atoms in total. The Labute approximate surface area is 228 Å². The van der Waals surface area contributed by atoms with Gasteiger partial charge in [0.15, 0.2) is 5.76 Å². The summed E-state index contributed by atoms with van der Waals surface area (Å²) in [6.07, 6.45) is 7.00. The Balaban J connectivity index is 1.40. The van der Waals surface area contributed by atoms with Gasteiger partial charge >= 0.3 is 0 Å². The molecule has 1 aliphatic heterocycles. The molecule has 2 N–H and O–H groups in total. The van der Waals surface area contributed by atoms with Crippen LogP contribution >= 0.6 is 11.3 Å². The van der Waals surface area contributed by atoms with Crippen molar-refractivity contribution < 1.29 is 32.5 Å². The number of carbonyl (C=O) groups excluding carboxylic acids is 1. The Bertz CT molecular complexity index is 1160. The average Bonchev–Trinajstić information content (AvgIpc) is 3.48. The van der Waals surface area contributed by atoms with Crippen molar-refractivity contribution in [3.63, 3.8) is 0 Å². The van der Waals surface area contributed by atoms with Crippen molar-refractivity contribution in [3.8, 4) is 5.75 Å². The quantitative estimate of drug-likeness (QED) is 0.405. The molecule has 1 aliphatic carbocycles. The molecule has 0 bridgehead atoms. The summed E-state index contributed by atoms with van der Waals surface area (Å²) in [5.74, 6) is 0.492. The van der Waals surface area contributed by atoms with E-state index in [1.165, 1.54) is 30.0 Å². The first-order chi connectivity index (χ1) is 18.4. The summed E-state index contributed by atoms with van der Waals surface area (Å²) in [6, 6.07) is 8.26. The molecule has 1 saturated carbocycles. The fraction of sp³-hybridized carbons (Fsp3) is 0.519. The molecule has 0 unspecified atom stereocenters. The molecule has 1 fully saturated rings. The molecular weight excluding hydrogens is 528 g/mol. The smallest absolute Gasteiger partial charge is 0.286 e. The normalized spacial score (nSPS) is 20.6. The Morgan fingerprint density at radius 3 is 2.58 bits per heavy atom. The van der Waals surface area contributed by atoms with E-state index in [1.54, 1.807) is 23.5 Å². The van der Waals surface area contributed by atoms with E-state index in [0.717, 1.165) is 31.2 Å². The summed E-state index contributed by atoms with van der Waals surface area (Å²) in [7, 11) is -2.35. The number of aliphatic hydroxyl groups excluding tert-OH is 1. The third-order valence-corrected chi connectivity index (χ3v) is 9.50. The van der Waals surface area contributed by atoms with Crippen LogP contribution in [0.2, 0.25) is 0 Å². The number of amides is 1. The SMILES string of the molecule is COc1ccc(S(=O)(=O)N(CCO)CCO[C@H]2C[C@@H](c3ccsc3)C=C(C(=O)NC3CCCCC3)O2)cc1. The summed E-state index contributed by atoms with van der Waals surface area (Å²) in [4.78, 5) is 13.1. The van der Waals surface area contributed by atoms with Crippen molar-refractivity contribution in [3.05, 3.63) is 58.5 Å². The molecule has 4 rings (SSSR count). The minimum absolute atomic E-state index is 0.0191. The standard InChI is InChI=1S/C27H36N2O7S2/c1-34-23-7-9-24(10-8-23)38(32,33)29(12-14-30)13-15-35-26-18-21(20-11-16-37-19-20)17-25(36-26)27(31)28-22-5-3-2-4-6-22/h7-11,16-17,19,21-22,26,30H,2-6,12-15,18H2,1H3,(H,28,31)/t21-,26+/m0/s1. The van der Waals surface area contributed by atoms with Crippen molar-refractivity contribution >= 4 is 27.3 Å². The number of thiophene rings is 1. The Kier molecular flexibility index (Phi) is 10.2. The summed E-state index contributed by atoms with van der Waals surface area (Å²) < 4.78 is 44.6. The van der Waals surface area contributed by atoms with Gasteiger partial charge in [0.1, 0.15) is 5.75 Å². The molecule has 1 amide bonds. The number of benzene rings is 1. The maximum absolute atomic E-state index is 13.2. The predicted octanol–water partition coefficient (Wildman–Crippen LogP) is 3.62. The zero-order valence-corrected chi connectivity index (χ0v) is 23.2. The molecule has 0 spiro atoms. The number of hydrogen-bond acceptors (Lipinski definition) is 8. The molecule has 2 heterocycles. The number of nitrogens with zero attached hydrogens (tertiary/aromatic N) is 1. The van der Waals surface area contributed by atoms with E-state index >= 15 is 0 Å². The van der Waals surface area contributed by atoms with Crippen LogP contribution in [0.4, 0.5) is 0 Å². The number of nitrogens with one attached hydrogen (secondary N) is 1. The lowest BCUT2D eigenvalue weighted by molar-refractivity contribution is -0.147. The number of allylic oxidation sites excluding steroid dienone is 1. The number of rotatable bonds is 12. The van der Waals surface area contributed by atoms with Gasteiger partial charge < -0.3 is 24.6 Å². The van der Waals surface area contributed by atoms with Gasteiger partial charge in [-0.25, -0.2) is 8.42 Å². The molecule has 2 aromatic rings. The number of methoxy groups -OCH3 is 1. The largest absolute Gasteiger partial charge is 0.497 e. The van der Waals surface area contributed by atoms with Crippen LogP contribution in [0.5, 0.6) is 5.75 Å². The monoisotopic (exact) mass is 564 g/mol. The predicted molar refractivity (Wildman–Crippen MR) is 144 cm³/mol. The second-order valence-electron chi connectivity index (χ2n) is 9.46. The zero-order valence-electron chi connectivity index (χ0n) is 21.6. The van der Waals surface area contributed by atoms with Crippen molar-refractivity contribution in [1.29, 1.82) is 0 Å². The minimum Gasteiger partial charge on any atom is -0.497 e. The van der Waals surface area contributed by atoms with Gasteiger partial charge in [-0.05, 0) is 65.6 Å². The van der Waals surface area contributed by atoms with Crippen molar-refractivity contribution in [1.82, 2.24) is 9.62 Å². The molecule has 2 atom stereocenters. The van der Waals surface area contributed by atoms with Crippen LogP contribution in [0.1, 0.15) is 50.0 Å². The van der Waals surface area contributed by atoms with Gasteiger partial charge in [-0.2, -0.15) is 15.6 Å². The van der Waals surface area contributed by atoms with Crippen molar-refractivity contribution in [2.75, 3.05) is 33.4 Å². The number of sulfonamides is 1. The molecule has 0 radical (unpaired) electrons. The third-order valence-electron chi connectivity index (χ3n) is 6.88. The van der Waals surface area contributed by atoms with Crippen LogP contribution in [0.3, 0.4) is 0 Å². The molecule has 2 aliphatic rings. The number of ether oxygens (including phenoxy) is 3. The highest BCUT2D eigenvalue weighted by Gasteiger charge is 2.31. The van der Waals surface area contributed by atoms with Crippen LogP contribution in [0.15, 0.2) is 57.8 Å². The first-order valence-corrected chi connectivity index (χ1v) is 15.4. The summed E-state index contributed by atoms with van der Waals surface area (Å²) >= 11 is 1.59. The Morgan fingerprint density at radius 2 is 1.92 bits per heavy atom. The summed E-state index contributed by atoms with van der Waals surface area (Å²) in [5, 5.41) is 16.6. The van der Waals surface area contributed by atoms with Crippen LogP contribution in [0, 0.1) is 0 Å². The molecule has 1 aromatic carbocycles. The second-order valence-corrected chi connectivity index (χ2v) is 12.2. The fourth-order valence-electron chi connectivity index (χ4n) is 4.79. The van der Waals surface area contributed by atoms with E-state index in [4.69, 9.17) is 14.2 Å². The highest BCUT2D eigenvalue weighted by molar-refractivity contribution is 7.89. The molecule has 208 valence electrons. The maximum atomic E-state index is 13.2. The fourth-order valence-corrected chi connectivity index (χ4v) is 6.93. The van der Waals surface area contributed by atoms with Gasteiger partial charge in [0.2, 0.25) is 16.3 Å². The van der Waals surface area contributed by atoms with E-state index in [9.17, 15) is 18.3 Å². The van der Waals surface area contributed by atoms with Gasteiger partial charge in [-0.15, -0.1) is 0 Å². The van der Waals surface area contributed by atoms with Crippen LogP contribution < -0.4 is 10.1 Å². The Morgan fingerprint density at radius 1 is 1.16 bits per heavy atom. The highest BCUT2D eigenvalue weighted by atomic mass is 32.2. The third kappa shape index (κ3) is 7.35. The summed E-state index contributed by atoms with van der Waals surface area (Å²) in [5.41, 5.74) is 1.08. The van der Waals surface area contributed by atoms with Crippen LogP contribution in [-0.2, 0) is 24.3 Å². The molecule has 0 saturated heterocycles. The van der Waals surface area contributed by atoms with Gasteiger partial charge in [-0.1, -0.05) is 19.3 Å². The van der Waals surface area contributed by atoms with Gasteiger partial charge in [0, 0.05) is 31.5 Å². The second kappa shape index (κ2) is 13.6. The van der Waals surface area contributed by atoms with E-state index in [0.29, 0.717) is 12.2 Å². The lowest BCUT2D eigenvalue weighted by atomic mass is 9.94. The van der Waals surface area contributed by atoms with Gasteiger partial charge in [0.25, 0.3) is 5.91 Å². The van der Waals surface area contributed by atoms with Gasteiger partial charge in [0.05, 0.1) is 25.2 Å². The number of aliphatic hydroxyl groups is 1. The van der Waals surface area contributed by atoms with E-state index < -0.39 is 16.3 Å². The average molecular weight is 565 g/mol. The topological polar surface area (TPSA) is 114 Å². The van der Waals surface area contributed by atoms with Crippen molar-refractivity contribution in [2.45, 2.75) is 61.7 Å². The van der Waals surface area contributed by atoms with E-state index in [2.05, 4.69) is 5.32 Å². The maximum Gasteiger partial charge on any atom is 0.286 e. The first-order valence-electron chi connectivity index (χ1n) is 13.0. The van der Waals surface area contributed by atoms with Crippen LogP contribution in [-0.4, -0.2) is 69.5 Å². The zero-order chi connectivity index (χ0) is 27.0. The first kappa shape index (κ1) is 28.6. The van der Waals surface area contributed by atoms with Crippen LogP contribution in [0.25, 0.3) is 0 Å². The molecule has 38 heavy (non-hydrogen) atoms. The van der Waals surface area contributed by atoms with E-state index in [-0.39, 0.29) is 54.8 Å². The van der Waals surface area contributed by atoms with Crippen molar-refractivity contribution in [2.24, 2.45) is 0 Å². The molecule has 11 heteroatoms. The van der Waals surface area contributed by atoms with E-state index in [1.807, 2.05) is 22.9 Å². The lowest BCUT2D eigenvalue weighted by Crippen LogP contribution is -2.40. The Hall–Kier alpha value is -2.44. The lowest BCUT2D eigenvalue weighted by Gasteiger charge is -2.31. The van der Waals surface area contributed by atoms with Gasteiger partial charge in [-0.3, -0.25) is 4.79 Å². The number of hydrogen-bond donors (Lipinski definition) is 2.